The molecule has 0 fully saturated rings. The molecule has 120 valence electrons. The molecule has 0 atom stereocenters. The van der Waals surface area contributed by atoms with Gasteiger partial charge in [-0.05, 0) is 18.2 Å². The van der Waals surface area contributed by atoms with E-state index in [-0.39, 0.29) is 35.2 Å². The van der Waals surface area contributed by atoms with Gasteiger partial charge in [-0.3, -0.25) is 5.84 Å². The predicted molar refractivity (Wildman–Crippen MR) is 78.9 cm³/mol. The van der Waals surface area contributed by atoms with E-state index in [1.807, 2.05) is 0 Å². The van der Waals surface area contributed by atoms with Crippen LogP contribution in [-0.4, -0.2) is 52.2 Å². The summed E-state index contributed by atoms with van der Waals surface area (Å²) in [5.74, 6) is 5.29. The minimum Gasteiger partial charge on any atom is -0.395 e. The van der Waals surface area contributed by atoms with Gasteiger partial charge in [0.25, 0.3) is 0 Å². The molecular formula is C11H19N3O5S2. The van der Waals surface area contributed by atoms with Crippen molar-refractivity contribution in [3.63, 3.8) is 0 Å². The Kier molecular flexibility index (Phi) is 5.70. The van der Waals surface area contributed by atoms with Crippen LogP contribution in [0.5, 0.6) is 0 Å². The summed E-state index contributed by atoms with van der Waals surface area (Å²) in [6.07, 6.45) is 0.986. The number of aliphatic hydroxyl groups excluding tert-OH is 1. The monoisotopic (exact) mass is 337 g/mol. The lowest BCUT2D eigenvalue weighted by Crippen LogP contribution is -2.34. The molecule has 0 unspecified atom stereocenters. The first-order valence-electron chi connectivity index (χ1n) is 6.10. The molecule has 4 N–H and O–H groups in total. The molecule has 0 aliphatic heterocycles. The van der Waals surface area contributed by atoms with E-state index < -0.39 is 19.9 Å². The zero-order chi connectivity index (χ0) is 16.3. The fraction of sp³-hybridized carbons (Fsp3) is 0.455. The third kappa shape index (κ3) is 3.92. The summed E-state index contributed by atoms with van der Waals surface area (Å²) in [4.78, 5) is -0.372. The maximum absolute atomic E-state index is 12.5. The van der Waals surface area contributed by atoms with Gasteiger partial charge in [0.2, 0.25) is 10.0 Å². The summed E-state index contributed by atoms with van der Waals surface area (Å²) in [5.41, 5.74) is 2.32. The van der Waals surface area contributed by atoms with Crippen LogP contribution in [0, 0.1) is 0 Å². The molecule has 21 heavy (non-hydrogen) atoms. The second-order valence-electron chi connectivity index (χ2n) is 4.29. The maximum Gasteiger partial charge on any atom is 0.245 e. The van der Waals surface area contributed by atoms with Crippen molar-refractivity contribution in [3.8, 4) is 0 Å². The van der Waals surface area contributed by atoms with E-state index in [9.17, 15) is 16.8 Å². The highest BCUT2D eigenvalue weighted by atomic mass is 32.2. The van der Waals surface area contributed by atoms with Gasteiger partial charge in [-0.1, -0.05) is 6.92 Å². The highest BCUT2D eigenvalue weighted by Gasteiger charge is 2.27. The van der Waals surface area contributed by atoms with Crippen molar-refractivity contribution in [2.75, 3.05) is 31.4 Å². The minimum absolute atomic E-state index is 0.0822. The molecule has 0 heterocycles. The fourth-order valence-corrected chi connectivity index (χ4v) is 4.11. The molecule has 0 amide bonds. The van der Waals surface area contributed by atoms with Crippen LogP contribution in [0.1, 0.15) is 6.92 Å². The molecule has 1 rings (SSSR count). The Morgan fingerprint density at radius 2 is 1.90 bits per heavy atom. The first-order valence-corrected chi connectivity index (χ1v) is 9.43. The number of likely N-dealkylation sites (N-methyl/N-ethyl adjacent to an activating group) is 1. The molecule has 0 aromatic heterocycles. The third-order valence-corrected chi connectivity index (χ3v) is 5.98. The number of rotatable bonds is 7. The zero-order valence-electron chi connectivity index (χ0n) is 11.8. The van der Waals surface area contributed by atoms with Crippen LogP contribution in [0.15, 0.2) is 28.0 Å². The average Bonchev–Trinajstić information content (AvgIpc) is 2.42. The molecular weight excluding hydrogens is 318 g/mol. The Labute approximate surface area is 124 Å². The first kappa shape index (κ1) is 17.9. The third-order valence-electron chi connectivity index (χ3n) is 2.86. The van der Waals surface area contributed by atoms with Crippen molar-refractivity contribution >= 4 is 25.5 Å². The van der Waals surface area contributed by atoms with Gasteiger partial charge in [0.05, 0.1) is 17.2 Å². The fourth-order valence-electron chi connectivity index (χ4n) is 1.76. The largest absolute Gasteiger partial charge is 0.395 e. The Morgan fingerprint density at radius 3 is 2.33 bits per heavy atom. The van der Waals surface area contributed by atoms with E-state index >= 15 is 0 Å². The van der Waals surface area contributed by atoms with Crippen molar-refractivity contribution < 1.29 is 21.9 Å². The van der Waals surface area contributed by atoms with Crippen LogP contribution in [-0.2, 0) is 19.9 Å². The molecule has 1 aromatic carbocycles. The Balaban J connectivity index is 3.52. The van der Waals surface area contributed by atoms with E-state index in [1.165, 1.54) is 12.1 Å². The number of hydrazine groups is 1. The number of sulfonamides is 1. The summed E-state index contributed by atoms with van der Waals surface area (Å²) < 4.78 is 49.3. The van der Waals surface area contributed by atoms with E-state index in [0.29, 0.717) is 0 Å². The number of nitrogen functional groups attached to an aromatic ring is 1. The lowest BCUT2D eigenvalue weighted by molar-refractivity contribution is 0.257. The molecule has 0 saturated carbocycles. The summed E-state index contributed by atoms with van der Waals surface area (Å²) in [6.45, 7) is 1.31. The van der Waals surface area contributed by atoms with E-state index in [1.54, 1.807) is 6.92 Å². The van der Waals surface area contributed by atoms with Gasteiger partial charge in [-0.2, -0.15) is 4.31 Å². The van der Waals surface area contributed by atoms with Gasteiger partial charge in [0, 0.05) is 19.3 Å². The highest BCUT2D eigenvalue weighted by Crippen LogP contribution is 2.27. The van der Waals surface area contributed by atoms with Crippen molar-refractivity contribution in [2.45, 2.75) is 16.7 Å². The molecule has 0 aliphatic rings. The van der Waals surface area contributed by atoms with Crippen LogP contribution < -0.4 is 11.3 Å². The van der Waals surface area contributed by atoms with E-state index in [4.69, 9.17) is 10.9 Å². The minimum atomic E-state index is -3.97. The van der Waals surface area contributed by atoms with E-state index in [0.717, 1.165) is 16.6 Å². The van der Waals surface area contributed by atoms with Gasteiger partial charge in [0.1, 0.15) is 4.90 Å². The summed E-state index contributed by atoms with van der Waals surface area (Å²) in [7, 11) is -7.53. The second kappa shape index (κ2) is 6.71. The van der Waals surface area contributed by atoms with Gasteiger partial charge in [0.15, 0.2) is 9.84 Å². The van der Waals surface area contributed by atoms with Gasteiger partial charge in [-0.25, -0.2) is 16.8 Å². The zero-order valence-corrected chi connectivity index (χ0v) is 13.4. The number of hydrogen-bond donors (Lipinski definition) is 3. The SMILES string of the molecule is CCN(CCO)S(=O)(=O)c1cc(S(C)(=O)=O)ccc1NN. The van der Waals surface area contributed by atoms with E-state index in [2.05, 4.69) is 5.43 Å². The summed E-state index contributed by atoms with van der Waals surface area (Å²) in [6, 6.07) is 3.61. The molecule has 0 spiro atoms. The Morgan fingerprint density at radius 1 is 1.29 bits per heavy atom. The predicted octanol–water partition coefficient (Wildman–Crippen LogP) is -0.621. The summed E-state index contributed by atoms with van der Waals surface area (Å²) in [5, 5.41) is 8.95. The molecule has 0 saturated heterocycles. The number of nitrogens with two attached hydrogens (primary N) is 1. The molecule has 8 nitrogen and oxygen atoms in total. The lowest BCUT2D eigenvalue weighted by Gasteiger charge is -2.21. The van der Waals surface area contributed by atoms with Crippen LogP contribution in [0.3, 0.4) is 0 Å². The molecule has 1 aromatic rings. The normalized spacial score (nSPS) is 12.6. The molecule has 0 bridgehead atoms. The number of anilines is 1. The Hall–Kier alpha value is -1.20. The van der Waals surface area contributed by atoms with Gasteiger partial charge >= 0.3 is 0 Å². The lowest BCUT2D eigenvalue weighted by atomic mass is 10.3. The van der Waals surface area contributed by atoms with Gasteiger partial charge in [-0.15, -0.1) is 0 Å². The standard InChI is InChI=1S/C11H19N3O5S2/c1-3-14(6-7-15)21(18,19)11-8-9(20(2,16)17)4-5-10(11)13-12/h4-5,8,13,15H,3,6-7,12H2,1-2H3. The van der Waals surface area contributed by atoms with Crippen LogP contribution in [0.2, 0.25) is 0 Å². The number of sulfone groups is 1. The first-order chi connectivity index (χ1) is 9.68. The van der Waals surface area contributed by atoms with Crippen LogP contribution >= 0.6 is 0 Å². The number of benzene rings is 1. The molecule has 10 heteroatoms. The number of nitrogens with one attached hydrogen (secondary N) is 1. The van der Waals surface area contributed by atoms with Crippen molar-refractivity contribution in [2.24, 2.45) is 5.84 Å². The average molecular weight is 337 g/mol. The number of nitrogens with zero attached hydrogens (tertiary/aromatic N) is 1. The number of aliphatic hydroxyl groups is 1. The highest BCUT2D eigenvalue weighted by molar-refractivity contribution is 7.91. The summed E-state index contributed by atoms with van der Waals surface area (Å²) >= 11 is 0. The van der Waals surface area contributed by atoms with Gasteiger partial charge < -0.3 is 10.5 Å². The van der Waals surface area contributed by atoms with Crippen molar-refractivity contribution in [1.29, 1.82) is 0 Å². The quantitative estimate of drug-likeness (QED) is 0.446. The topological polar surface area (TPSA) is 130 Å². The smallest absolute Gasteiger partial charge is 0.245 e. The van der Waals surface area contributed by atoms with Crippen LogP contribution in [0.25, 0.3) is 0 Å². The number of hydrogen-bond acceptors (Lipinski definition) is 7. The van der Waals surface area contributed by atoms with Crippen LogP contribution in [0.4, 0.5) is 5.69 Å². The maximum atomic E-state index is 12.5. The van der Waals surface area contributed by atoms with Crippen molar-refractivity contribution in [1.82, 2.24) is 4.31 Å². The van der Waals surface area contributed by atoms with Crippen molar-refractivity contribution in [3.05, 3.63) is 18.2 Å². The molecule has 0 aliphatic carbocycles. The Bertz CT molecular complexity index is 701. The second-order valence-corrected chi connectivity index (χ2v) is 8.22. The molecule has 0 radical (unpaired) electrons.